The Morgan fingerprint density at radius 2 is 1.90 bits per heavy atom. The molecule has 31 heavy (non-hydrogen) atoms. The molecule has 9 heteroatoms. The van der Waals surface area contributed by atoms with Gasteiger partial charge in [0.25, 0.3) is 11.6 Å². The predicted molar refractivity (Wildman–Crippen MR) is 113 cm³/mol. The molecule has 0 fully saturated rings. The van der Waals surface area contributed by atoms with E-state index in [0.29, 0.717) is 23.0 Å². The molecule has 162 valence electrons. The number of benzene rings is 2. The molecule has 3 aromatic rings. The standard InChI is InChI=1S/C22H24N4O5/c1-15-12-17(10-11-18(15)26(28)29)30-14-20(27)25(22(2,3)4)13-19-23-21(24-31-19)16-8-6-5-7-9-16/h5-12H,13-14H2,1-4H3. The van der Waals surface area contributed by atoms with Crippen LogP contribution < -0.4 is 4.74 Å². The predicted octanol–water partition coefficient (Wildman–Crippen LogP) is 4.16. The Morgan fingerprint density at radius 3 is 2.52 bits per heavy atom. The second kappa shape index (κ2) is 8.95. The van der Waals surface area contributed by atoms with Gasteiger partial charge in [0.15, 0.2) is 6.61 Å². The molecule has 0 spiro atoms. The van der Waals surface area contributed by atoms with Crippen LogP contribution in [0.4, 0.5) is 5.69 Å². The molecule has 9 nitrogen and oxygen atoms in total. The lowest BCUT2D eigenvalue weighted by Crippen LogP contribution is -2.47. The van der Waals surface area contributed by atoms with Crippen molar-refractivity contribution < 1.29 is 19.0 Å². The number of carbonyl (C=O) groups excluding carboxylic acids is 1. The first-order valence-corrected chi connectivity index (χ1v) is 9.71. The molecule has 0 atom stereocenters. The van der Waals surface area contributed by atoms with Crippen molar-refractivity contribution in [3.63, 3.8) is 0 Å². The first-order valence-electron chi connectivity index (χ1n) is 9.71. The number of nitro groups is 1. The fraction of sp³-hybridized carbons (Fsp3) is 0.318. The first-order chi connectivity index (χ1) is 14.6. The van der Waals surface area contributed by atoms with Gasteiger partial charge in [0.05, 0.1) is 4.92 Å². The number of nitro benzene ring substituents is 1. The molecule has 3 rings (SSSR count). The van der Waals surface area contributed by atoms with E-state index in [1.165, 1.54) is 18.2 Å². The van der Waals surface area contributed by atoms with Gasteiger partial charge in [0.1, 0.15) is 12.3 Å². The average molecular weight is 424 g/mol. The van der Waals surface area contributed by atoms with E-state index >= 15 is 0 Å². The molecule has 0 bridgehead atoms. The lowest BCUT2D eigenvalue weighted by atomic mass is 10.1. The maximum atomic E-state index is 12.9. The van der Waals surface area contributed by atoms with E-state index in [2.05, 4.69) is 10.1 Å². The highest BCUT2D eigenvalue weighted by atomic mass is 16.6. The molecule has 2 aromatic carbocycles. The molecule has 0 aliphatic rings. The van der Waals surface area contributed by atoms with E-state index in [4.69, 9.17) is 9.26 Å². The van der Waals surface area contributed by atoms with Crippen molar-refractivity contribution in [2.45, 2.75) is 39.8 Å². The number of carbonyl (C=O) groups is 1. The topological polar surface area (TPSA) is 112 Å². The van der Waals surface area contributed by atoms with Crippen molar-refractivity contribution >= 4 is 11.6 Å². The van der Waals surface area contributed by atoms with Crippen LogP contribution in [-0.4, -0.2) is 38.0 Å². The second-order valence-electron chi connectivity index (χ2n) is 8.02. The van der Waals surface area contributed by atoms with Gasteiger partial charge in [-0.05, 0) is 39.8 Å². The third kappa shape index (κ3) is 5.44. The highest BCUT2D eigenvalue weighted by molar-refractivity contribution is 5.78. The van der Waals surface area contributed by atoms with E-state index < -0.39 is 10.5 Å². The molecule has 0 N–H and O–H groups in total. The van der Waals surface area contributed by atoms with Gasteiger partial charge >= 0.3 is 0 Å². The van der Waals surface area contributed by atoms with Crippen molar-refractivity contribution in [1.82, 2.24) is 15.0 Å². The minimum Gasteiger partial charge on any atom is -0.484 e. The lowest BCUT2D eigenvalue weighted by Gasteiger charge is -2.34. The smallest absolute Gasteiger partial charge is 0.272 e. The van der Waals surface area contributed by atoms with Gasteiger partial charge in [0, 0.05) is 22.7 Å². The summed E-state index contributed by atoms with van der Waals surface area (Å²) in [6, 6.07) is 13.8. The molecule has 0 radical (unpaired) electrons. The number of hydrogen-bond donors (Lipinski definition) is 0. The number of nitrogens with zero attached hydrogens (tertiary/aromatic N) is 4. The van der Waals surface area contributed by atoms with Gasteiger partial charge < -0.3 is 14.2 Å². The molecule has 0 aliphatic carbocycles. The highest BCUT2D eigenvalue weighted by Gasteiger charge is 2.29. The van der Waals surface area contributed by atoms with Gasteiger partial charge in [-0.1, -0.05) is 35.5 Å². The van der Waals surface area contributed by atoms with Gasteiger partial charge in [-0.25, -0.2) is 0 Å². The molecule has 0 saturated carbocycles. The minimum atomic E-state index is -0.521. The van der Waals surface area contributed by atoms with E-state index in [9.17, 15) is 14.9 Å². The molecule has 1 heterocycles. The zero-order valence-electron chi connectivity index (χ0n) is 17.9. The van der Waals surface area contributed by atoms with Crippen LogP contribution in [0.15, 0.2) is 53.1 Å². The van der Waals surface area contributed by atoms with E-state index in [0.717, 1.165) is 5.56 Å². The van der Waals surface area contributed by atoms with Crippen LogP contribution in [0.1, 0.15) is 32.2 Å². The zero-order valence-corrected chi connectivity index (χ0v) is 17.9. The van der Waals surface area contributed by atoms with Crippen molar-refractivity contribution in [2.75, 3.05) is 6.61 Å². The summed E-state index contributed by atoms with van der Waals surface area (Å²) in [6.07, 6.45) is 0. The van der Waals surface area contributed by atoms with Crippen molar-refractivity contribution in [3.05, 3.63) is 70.1 Å². The largest absolute Gasteiger partial charge is 0.484 e. The van der Waals surface area contributed by atoms with Crippen LogP contribution in [0.5, 0.6) is 5.75 Å². The monoisotopic (exact) mass is 424 g/mol. The summed E-state index contributed by atoms with van der Waals surface area (Å²) in [7, 11) is 0. The van der Waals surface area contributed by atoms with Crippen LogP contribution in [0, 0.1) is 17.0 Å². The van der Waals surface area contributed by atoms with Crippen molar-refractivity contribution in [3.8, 4) is 17.1 Å². The Balaban J connectivity index is 1.70. The number of amides is 1. The third-order valence-electron chi connectivity index (χ3n) is 4.63. The molecular weight excluding hydrogens is 400 g/mol. The molecular formula is C22H24N4O5. The van der Waals surface area contributed by atoms with Gasteiger partial charge in [0.2, 0.25) is 11.7 Å². The maximum absolute atomic E-state index is 12.9. The zero-order chi connectivity index (χ0) is 22.6. The lowest BCUT2D eigenvalue weighted by molar-refractivity contribution is -0.385. The molecule has 0 saturated heterocycles. The molecule has 0 unspecified atom stereocenters. The molecule has 1 aromatic heterocycles. The summed E-state index contributed by atoms with van der Waals surface area (Å²) in [5.41, 5.74) is 0.762. The number of aryl methyl sites for hydroxylation is 1. The number of ether oxygens (including phenoxy) is 1. The highest BCUT2D eigenvalue weighted by Crippen LogP contribution is 2.24. The summed E-state index contributed by atoms with van der Waals surface area (Å²) < 4.78 is 10.9. The van der Waals surface area contributed by atoms with Crippen LogP contribution in [0.2, 0.25) is 0 Å². The van der Waals surface area contributed by atoms with Gasteiger partial charge in [-0.2, -0.15) is 4.98 Å². The van der Waals surface area contributed by atoms with Gasteiger partial charge in [-0.3, -0.25) is 14.9 Å². The number of rotatable bonds is 7. The fourth-order valence-corrected chi connectivity index (χ4v) is 3.00. The average Bonchev–Trinajstić information content (AvgIpc) is 3.19. The normalized spacial score (nSPS) is 11.2. The Hall–Kier alpha value is -3.75. The van der Waals surface area contributed by atoms with E-state index in [1.807, 2.05) is 51.1 Å². The molecule has 0 aliphatic heterocycles. The SMILES string of the molecule is Cc1cc(OCC(=O)N(Cc2nc(-c3ccccc3)no2)C(C)(C)C)ccc1[N+](=O)[O-]. The van der Waals surface area contributed by atoms with Crippen molar-refractivity contribution in [2.24, 2.45) is 0 Å². The Kier molecular flexibility index (Phi) is 6.33. The second-order valence-corrected chi connectivity index (χ2v) is 8.02. The summed E-state index contributed by atoms with van der Waals surface area (Å²) in [5.74, 6) is 0.875. The van der Waals surface area contributed by atoms with Crippen molar-refractivity contribution in [1.29, 1.82) is 0 Å². The van der Waals surface area contributed by atoms with Crippen LogP contribution in [0.25, 0.3) is 11.4 Å². The van der Waals surface area contributed by atoms with Crippen LogP contribution >= 0.6 is 0 Å². The van der Waals surface area contributed by atoms with E-state index in [-0.39, 0.29) is 24.7 Å². The summed E-state index contributed by atoms with van der Waals surface area (Å²) in [6.45, 7) is 7.22. The van der Waals surface area contributed by atoms with E-state index in [1.54, 1.807) is 11.8 Å². The van der Waals surface area contributed by atoms with Crippen LogP contribution in [0.3, 0.4) is 0 Å². The summed E-state index contributed by atoms with van der Waals surface area (Å²) in [5, 5.41) is 14.9. The summed E-state index contributed by atoms with van der Waals surface area (Å²) >= 11 is 0. The Morgan fingerprint density at radius 1 is 1.19 bits per heavy atom. The third-order valence-corrected chi connectivity index (χ3v) is 4.63. The quantitative estimate of drug-likeness (QED) is 0.413. The number of hydrogen-bond acceptors (Lipinski definition) is 7. The maximum Gasteiger partial charge on any atom is 0.272 e. The fourth-order valence-electron chi connectivity index (χ4n) is 3.00. The van der Waals surface area contributed by atoms with Gasteiger partial charge in [-0.15, -0.1) is 0 Å². The minimum absolute atomic E-state index is 0.000564. The summed E-state index contributed by atoms with van der Waals surface area (Å²) in [4.78, 5) is 29.4. The number of aromatic nitrogens is 2. The Labute approximate surface area is 179 Å². The first kappa shape index (κ1) is 21.9. The molecule has 1 amide bonds. The van der Waals surface area contributed by atoms with Crippen LogP contribution in [-0.2, 0) is 11.3 Å². The Bertz CT molecular complexity index is 1070.